The van der Waals surface area contributed by atoms with Crippen LogP contribution in [0.15, 0.2) is 176 Å². The highest BCUT2D eigenvalue weighted by atomic mass is 19.1. The fourth-order valence-electron chi connectivity index (χ4n) is 8.48. The fraction of sp³-hybridized carbons (Fsp3) is 0.0980. The molecule has 9 rings (SSSR count). The van der Waals surface area contributed by atoms with E-state index in [0.717, 1.165) is 28.4 Å². The van der Waals surface area contributed by atoms with Crippen LogP contribution in [-0.2, 0) is 5.41 Å². The average Bonchev–Trinajstić information content (AvgIpc) is 3.42. The van der Waals surface area contributed by atoms with Crippen LogP contribution in [0.5, 0.6) is 0 Å². The SMILES string of the molecule is Cc1ccccc1-c1ccc(N(c2ccccc2)c2cc3c(c4ccccc24)-c2ccc(N(c4ccccc4)c4ccccc4F)cc2C3(C)C)cc1C. The number of halogens is 1. The van der Waals surface area contributed by atoms with Crippen molar-refractivity contribution in [1.82, 2.24) is 0 Å². The summed E-state index contributed by atoms with van der Waals surface area (Å²) >= 11 is 0. The van der Waals surface area contributed by atoms with Crippen LogP contribution in [-0.4, -0.2) is 0 Å². The van der Waals surface area contributed by atoms with Gasteiger partial charge < -0.3 is 9.80 Å². The normalized spacial score (nSPS) is 12.7. The Morgan fingerprint density at radius 3 is 1.61 bits per heavy atom. The third kappa shape index (κ3) is 5.47. The first-order valence-electron chi connectivity index (χ1n) is 18.6. The van der Waals surface area contributed by atoms with Crippen LogP contribution in [0.3, 0.4) is 0 Å². The molecule has 0 unspecified atom stereocenters. The van der Waals surface area contributed by atoms with Crippen molar-refractivity contribution >= 4 is 44.9 Å². The van der Waals surface area contributed by atoms with Crippen LogP contribution < -0.4 is 9.80 Å². The van der Waals surface area contributed by atoms with E-state index in [9.17, 15) is 0 Å². The van der Waals surface area contributed by atoms with Crippen molar-refractivity contribution < 1.29 is 4.39 Å². The van der Waals surface area contributed by atoms with E-state index in [4.69, 9.17) is 0 Å². The smallest absolute Gasteiger partial charge is 0.147 e. The van der Waals surface area contributed by atoms with Gasteiger partial charge in [-0.15, -0.1) is 0 Å². The molecular weight excluding hydrogens is 660 g/mol. The van der Waals surface area contributed by atoms with Gasteiger partial charge in [0.15, 0.2) is 0 Å². The third-order valence-electron chi connectivity index (χ3n) is 11.2. The molecule has 0 radical (unpaired) electrons. The highest BCUT2D eigenvalue weighted by molar-refractivity contribution is 6.10. The van der Waals surface area contributed by atoms with Gasteiger partial charge in [-0.2, -0.15) is 0 Å². The van der Waals surface area contributed by atoms with Crippen molar-refractivity contribution in [3.8, 4) is 22.3 Å². The molecule has 54 heavy (non-hydrogen) atoms. The first kappa shape index (κ1) is 33.4. The number of fused-ring (bicyclic) bond motifs is 5. The highest BCUT2D eigenvalue weighted by Gasteiger charge is 2.38. The molecule has 0 spiro atoms. The van der Waals surface area contributed by atoms with E-state index in [-0.39, 0.29) is 11.2 Å². The molecule has 0 aromatic heterocycles. The van der Waals surface area contributed by atoms with Gasteiger partial charge in [-0.3, -0.25) is 0 Å². The summed E-state index contributed by atoms with van der Waals surface area (Å²) in [5.74, 6) is -0.261. The maximum atomic E-state index is 15.5. The molecule has 0 fully saturated rings. The number of hydrogen-bond acceptors (Lipinski definition) is 2. The molecule has 8 aromatic carbocycles. The zero-order valence-electron chi connectivity index (χ0n) is 31.0. The second-order valence-electron chi connectivity index (χ2n) is 14.8. The molecule has 0 saturated heterocycles. The Morgan fingerprint density at radius 1 is 0.407 bits per heavy atom. The molecule has 0 bridgehead atoms. The molecule has 0 saturated carbocycles. The van der Waals surface area contributed by atoms with Gasteiger partial charge in [-0.05, 0) is 130 Å². The first-order chi connectivity index (χ1) is 26.3. The lowest BCUT2D eigenvalue weighted by Crippen LogP contribution is -2.18. The molecule has 2 nitrogen and oxygen atoms in total. The van der Waals surface area contributed by atoms with Gasteiger partial charge in [0.25, 0.3) is 0 Å². The highest BCUT2D eigenvalue weighted by Crippen LogP contribution is 2.56. The molecule has 0 atom stereocenters. The van der Waals surface area contributed by atoms with E-state index >= 15 is 4.39 Å². The summed E-state index contributed by atoms with van der Waals surface area (Å²) in [6.07, 6.45) is 0. The van der Waals surface area contributed by atoms with Crippen LogP contribution >= 0.6 is 0 Å². The Morgan fingerprint density at radius 2 is 0.944 bits per heavy atom. The minimum atomic E-state index is -0.343. The predicted octanol–water partition coefficient (Wildman–Crippen LogP) is 14.5. The summed E-state index contributed by atoms with van der Waals surface area (Å²) < 4.78 is 15.5. The van der Waals surface area contributed by atoms with Crippen molar-refractivity contribution in [2.45, 2.75) is 33.1 Å². The van der Waals surface area contributed by atoms with Gasteiger partial charge in [0, 0.05) is 33.6 Å². The van der Waals surface area contributed by atoms with Gasteiger partial charge in [-0.1, -0.05) is 123 Å². The molecule has 0 heterocycles. The van der Waals surface area contributed by atoms with Gasteiger partial charge in [-0.25, -0.2) is 4.39 Å². The average molecular weight is 701 g/mol. The molecule has 1 aliphatic rings. The van der Waals surface area contributed by atoms with Crippen molar-refractivity contribution in [3.63, 3.8) is 0 Å². The van der Waals surface area contributed by atoms with Crippen LogP contribution in [0.1, 0.15) is 36.1 Å². The van der Waals surface area contributed by atoms with E-state index in [1.807, 2.05) is 47.4 Å². The zero-order valence-corrected chi connectivity index (χ0v) is 31.0. The van der Waals surface area contributed by atoms with Gasteiger partial charge in [0.1, 0.15) is 5.82 Å². The molecule has 0 N–H and O–H groups in total. The summed E-state index contributed by atoms with van der Waals surface area (Å²) in [5.41, 5.74) is 15.3. The summed E-state index contributed by atoms with van der Waals surface area (Å²) in [4.78, 5) is 4.44. The second kappa shape index (κ2) is 13.2. The Hall–Kier alpha value is -6.45. The lowest BCUT2D eigenvalue weighted by atomic mass is 9.81. The van der Waals surface area contributed by atoms with Crippen molar-refractivity contribution in [2.24, 2.45) is 0 Å². The van der Waals surface area contributed by atoms with E-state index in [0.29, 0.717) is 5.69 Å². The standard InChI is InChI=1S/C51H41FN2/c1-34-17-11-12-22-40(34)41-29-27-38(31-35(41)2)54(37-20-9-6-10-21-37)49-33-46-50(43-24-14-13-23-42(43)49)44-30-28-39(32-45(44)51(46,3)4)53(36-18-7-5-8-19-36)48-26-16-15-25-47(48)52/h5-33H,1-4H3. The van der Waals surface area contributed by atoms with Gasteiger partial charge in [0.05, 0.1) is 11.4 Å². The molecular formula is C51H41FN2. The van der Waals surface area contributed by atoms with Crippen molar-refractivity contribution in [2.75, 3.05) is 9.80 Å². The van der Waals surface area contributed by atoms with E-state index in [2.05, 4.69) is 154 Å². The minimum Gasteiger partial charge on any atom is -0.310 e. The summed E-state index contributed by atoms with van der Waals surface area (Å²) in [6, 6.07) is 61.1. The predicted molar refractivity (Wildman–Crippen MR) is 226 cm³/mol. The Bertz CT molecular complexity index is 2680. The Labute approximate surface area is 317 Å². The lowest BCUT2D eigenvalue weighted by Gasteiger charge is -2.30. The monoisotopic (exact) mass is 700 g/mol. The molecule has 3 heteroatoms. The largest absolute Gasteiger partial charge is 0.310 e. The summed E-state index contributed by atoms with van der Waals surface area (Å²) in [7, 11) is 0. The summed E-state index contributed by atoms with van der Waals surface area (Å²) in [6.45, 7) is 9.04. The van der Waals surface area contributed by atoms with Gasteiger partial charge >= 0.3 is 0 Å². The van der Waals surface area contributed by atoms with E-state index in [1.54, 1.807) is 6.07 Å². The number of rotatable bonds is 7. The van der Waals surface area contributed by atoms with Crippen molar-refractivity contribution in [1.29, 1.82) is 0 Å². The Kier molecular flexibility index (Phi) is 8.16. The van der Waals surface area contributed by atoms with E-state index < -0.39 is 0 Å². The van der Waals surface area contributed by atoms with Crippen LogP contribution in [0, 0.1) is 19.7 Å². The number of anilines is 6. The topological polar surface area (TPSA) is 6.48 Å². The van der Waals surface area contributed by atoms with Gasteiger partial charge in [0.2, 0.25) is 0 Å². The maximum absolute atomic E-state index is 15.5. The Balaban J connectivity index is 1.23. The van der Waals surface area contributed by atoms with Crippen LogP contribution in [0.4, 0.5) is 38.5 Å². The van der Waals surface area contributed by atoms with Crippen LogP contribution in [0.25, 0.3) is 33.0 Å². The molecule has 8 aromatic rings. The third-order valence-corrected chi connectivity index (χ3v) is 11.2. The molecule has 1 aliphatic carbocycles. The number of hydrogen-bond donors (Lipinski definition) is 0. The quantitative estimate of drug-likeness (QED) is 0.163. The lowest BCUT2D eigenvalue weighted by molar-refractivity contribution is 0.628. The zero-order chi connectivity index (χ0) is 37.0. The molecule has 262 valence electrons. The number of benzene rings is 8. The first-order valence-corrected chi connectivity index (χ1v) is 18.6. The second-order valence-corrected chi connectivity index (χ2v) is 14.8. The number of aryl methyl sites for hydroxylation is 2. The molecule has 0 aliphatic heterocycles. The number of nitrogens with zero attached hydrogens (tertiary/aromatic N) is 2. The van der Waals surface area contributed by atoms with Crippen molar-refractivity contribution in [3.05, 3.63) is 204 Å². The molecule has 0 amide bonds. The minimum absolute atomic E-state index is 0.261. The summed E-state index contributed by atoms with van der Waals surface area (Å²) in [5, 5.41) is 2.40. The van der Waals surface area contributed by atoms with E-state index in [1.165, 1.54) is 61.3 Å². The fourth-order valence-corrected chi connectivity index (χ4v) is 8.48. The number of para-hydroxylation sites is 3. The van der Waals surface area contributed by atoms with Crippen LogP contribution in [0.2, 0.25) is 0 Å². The maximum Gasteiger partial charge on any atom is 0.147 e.